The number of furan rings is 1. The average molecular weight is 272 g/mol. The van der Waals surface area contributed by atoms with Crippen LogP contribution in [0, 0.1) is 0 Å². The fraction of sp³-hybridized carbons (Fsp3) is 0.143. The summed E-state index contributed by atoms with van der Waals surface area (Å²) in [4.78, 5) is 4.20. The van der Waals surface area contributed by atoms with Gasteiger partial charge >= 0.3 is 0 Å². The number of nitrogens with zero attached hydrogens (tertiary/aromatic N) is 2. The number of benzene rings is 1. The van der Waals surface area contributed by atoms with Gasteiger partial charge in [-0.1, -0.05) is 17.3 Å². The number of rotatable bonds is 5. The van der Waals surface area contributed by atoms with E-state index in [1.165, 1.54) is 6.26 Å². The van der Waals surface area contributed by atoms with E-state index in [-0.39, 0.29) is 13.2 Å². The van der Waals surface area contributed by atoms with Crippen molar-refractivity contribution in [3.05, 3.63) is 54.2 Å². The summed E-state index contributed by atoms with van der Waals surface area (Å²) in [5.74, 6) is 1.53. The lowest BCUT2D eigenvalue weighted by atomic mass is 10.2. The van der Waals surface area contributed by atoms with Crippen molar-refractivity contribution in [3.63, 3.8) is 0 Å². The summed E-state index contributed by atoms with van der Waals surface area (Å²) in [5.41, 5.74) is 1.57. The Labute approximate surface area is 114 Å². The first kappa shape index (κ1) is 12.4. The molecule has 0 aliphatic carbocycles. The van der Waals surface area contributed by atoms with Crippen LogP contribution in [0.3, 0.4) is 0 Å². The highest BCUT2D eigenvalue weighted by Gasteiger charge is 2.10. The Bertz CT molecular complexity index is 659. The minimum Gasteiger partial charge on any atom is -0.485 e. The van der Waals surface area contributed by atoms with Crippen molar-refractivity contribution in [1.82, 2.24) is 10.1 Å². The topological polar surface area (TPSA) is 81.5 Å². The van der Waals surface area contributed by atoms with Crippen LogP contribution in [-0.2, 0) is 13.2 Å². The molecule has 6 nitrogen and oxygen atoms in total. The third-order valence-corrected chi connectivity index (χ3v) is 2.71. The molecule has 0 aliphatic heterocycles. The zero-order valence-corrected chi connectivity index (χ0v) is 10.5. The van der Waals surface area contributed by atoms with Crippen molar-refractivity contribution in [1.29, 1.82) is 0 Å². The molecule has 3 rings (SSSR count). The summed E-state index contributed by atoms with van der Waals surface area (Å²) in [6.07, 6.45) is 3.07. The van der Waals surface area contributed by atoms with Crippen LogP contribution in [0.25, 0.3) is 11.5 Å². The van der Waals surface area contributed by atoms with E-state index >= 15 is 0 Å². The van der Waals surface area contributed by atoms with Crippen LogP contribution in [0.15, 0.2) is 51.8 Å². The van der Waals surface area contributed by atoms with Gasteiger partial charge in [0.2, 0.25) is 5.82 Å². The van der Waals surface area contributed by atoms with Crippen LogP contribution in [0.2, 0.25) is 0 Å². The zero-order valence-electron chi connectivity index (χ0n) is 10.5. The molecule has 0 atom stereocenters. The standard InChI is InChI=1S/C14H12N2O4/c17-7-10-1-3-12(4-2-10)19-9-13-15-14(20-16-13)11-5-6-18-8-11/h1-6,8,17H,7,9H2. The van der Waals surface area contributed by atoms with E-state index in [2.05, 4.69) is 10.1 Å². The molecule has 2 heterocycles. The van der Waals surface area contributed by atoms with Crippen LogP contribution in [0.1, 0.15) is 11.4 Å². The van der Waals surface area contributed by atoms with Gasteiger partial charge < -0.3 is 18.8 Å². The van der Waals surface area contributed by atoms with E-state index in [1.54, 1.807) is 36.6 Å². The number of aliphatic hydroxyl groups excluding tert-OH is 1. The Kier molecular flexibility index (Phi) is 3.47. The fourth-order valence-electron chi connectivity index (χ4n) is 1.65. The molecule has 102 valence electrons. The van der Waals surface area contributed by atoms with E-state index in [4.69, 9.17) is 18.8 Å². The molecule has 0 bridgehead atoms. The summed E-state index contributed by atoms with van der Waals surface area (Å²) in [5, 5.41) is 12.8. The lowest BCUT2D eigenvalue weighted by Gasteiger charge is -2.03. The first-order chi connectivity index (χ1) is 9.85. The molecule has 0 radical (unpaired) electrons. The van der Waals surface area contributed by atoms with Crippen LogP contribution >= 0.6 is 0 Å². The Hall–Kier alpha value is -2.60. The monoisotopic (exact) mass is 272 g/mol. The summed E-state index contributed by atoms with van der Waals surface area (Å²) in [6, 6.07) is 8.89. The van der Waals surface area contributed by atoms with Gasteiger partial charge in [0.1, 0.15) is 12.0 Å². The third-order valence-electron chi connectivity index (χ3n) is 2.71. The van der Waals surface area contributed by atoms with Gasteiger partial charge in [0.05, 0.1) is 18.4 Å². The highest BCUT2D eigenvalue weighted by molar-refractivity contribution is 5.49. The van der Waals surface area contributed by atoms with Crippen molar-refractivity contribution < 1.29 is 18.8 Å². The van der Waals surface area contributed by atoms with Gasteiger partial charge in [0.25, 0.3) is 5.89 Å². The summed E-state index contributed by atoms with van der Waals surface area (Å²) in [6.45, 7) is 0.221. The highest BCUT2D eigenvalue weighted by Crippen LogP contribution is 2.18. The van der Waals surface area contributed by atoms with Crippen molar-refractivity contribution in [3.8, 4) is 17.2 Å². The molecule has 0 fully saturated rings. The lowest BCUT2D eigenvalue weighted by Crippen LogP contribution is -1.97. The number of ether oxygens (including phenoxy) is 1. The van der Waals surface area contributed by atoms with E-state index in [1.807, 2.05) is 0 Å². The molecule has 6 heteroatoms. The Morgan fingerprint density at radius 1 is 1.15 bits per heavy atom. The Balaban J connectivity index is 1.63. The maximum atomic E-state index is 8.95. The SMILES string of the molecule is OCc1ccc(OCc2noc(-c3ccoc3)n2)cc1. The smallest absolute Gasteiger partial charge is 0.261 e. The first-order valence-corrected chi connectivity index (χ1v) is 6.03. The lowest BCUT2D eigenvalue weighted by molar-refractivity contribution is 0.279. The number of hydrogen-bond acceptors (Lipinski definition) is 6. The minimum absolute atomic E-state index is 0.0131. The molecule has 3 aromatic rings. The van der Waals surface area contributed by atoms with Crippen LogP contribution < -0.4 is 4.74 Å². The van der Waals surface area contributed by atoms with Gasteiger partial charge in [-0.2, -0.15) is 4.98 Å². The second-order valence-corrected chi connectivity index (χ2v) is 4.12. The fourth-order valence-corrected chi connectivity index (χ4v) is 1.65. The molecule has 0 aliphatic rings. The van der Waals surface area contributed by atoms with Gasteiger partial charge in [-0.15, -0.1) is 0 Å². The molecule has 0 spiro atoms. The quantitative estimate of drug-likeness (QED) is 0.768. The van der Waals surface area contributed by atoms with Gasteiger partial charge in [0.15, 0.2) is 6.61 Å². The largest absolute Gasteiger partial charge is 0.485 e. The molecule has 2 aromatic heterocycles. The Morgan fingerprint density at radius 2 is 2.00 bits per heavy atom. The second-order valence-electron chi connectivity index (χ2n) is 4.12. The minimum atomic E-state index is 0.0131. The molecule has 1 N–H and O–H groups in total. The van der Waals surface area contributed by atoms with Gasteiger partial charge in [-0.05, 0) is 23.8 Å². The van der Waals surface area contributed by atoms with Gasteiger partial charge in [-0.3, -0.25) is 0 Å². The van der Waals surface area contributed by atoms with E-state index in [0.717, 1.165) is 11.1 Å². The zero-order chi connectivity index (χ0) is 13.8. The normalized spacial score (nSPS) is 10.7. The van der Waals surface area contributed by atoms with Crippen molar-refractivity contribution in [2.45, 2.75) is 13.2 Å². The predicted molar refractivity (Wildman–Crippen MR) is 68.7 cm³/mol. The predicted octanol–water partition coefficient (Wildman–Crippen LogP) is 2.40. The molecule has 20 heavy (non-hydrogen) atoms. The first-order valence-electron chi connectivity index (χ1n) is 6.03. The van der Waals surface area contributed by atoms with E-state index in [9.17, 15) is 0 Å². The molecule has 0 saturated carbocycles. The van der Waals surface area contributed by atoms with Crippen LogP contribution in [0.4, 0.5) is 0 Å². The molecular weight excluding hydrogens is 260 g/mol. The van der Waals surface area contributed by atoms with E-state index in [0.29, 0.717) is 17.5 Å². The third kappa shape index (κ3) is 2.70. The van der Waals surface area contributed by atoms with Gasteiger partial charge in [-0.25, -0.2) is 0 Å². The molecular formula is C14H12N2O4. The highest BCUT2D eigenvalue weighted by atomic mass is 16.5. The average Bonchev–Trinajstić information content (AvgIpc) is 3.16. The number of aliphatic hydroxyl groups is 1. The van der Waals surface area contributed by atoms with Gasteiger partial charge in [0, 0.05) is 0 Å². The molecule has 0 amide bonds. The summed E-state index contributed by atoms with van der Waals surface area (Å²) >= 11 is 0. The van der Waals surface area contributed by atoms with Crippen LogP contribution in [-0.4, -0.2) is 15.2 Å². The molecule has 1 aromatic carbocycles. The molecule has 0 unspecified atom stereocenters. The number of hydrogen-bond donors (Lipinski definition) is 1. The maximum Gasteiger partial charge on any atom is 0.261 e. The maximum absolute atomic E-state index is 8.95. The van der Waals surface area contributed by atoms with Crippen molar-refractivity contribution in [2.24, 2.45) is 0 Å². The van der Waals surface area contributed by atoms with E-state index < -0.39 is 0 Å². The van der Waals surface area contributed by atoms with Crippen molar-refractivity contribution in [2.75, 3.05) is 0 Å². The number of aromatic nitrogens is 2. The Morgan fingerprint density at radius 3 is 2.70 bits per heavy atom. The second kappa shape index (κ2) is 5.58. The molecule has 0 saturated heterocycles. The van der Waals surface area contributed by atoms with Crippen molar-refractivity contribution >= 4 is 0 Å². The summed E-state index contributed by atoms with van der Waals surface area (Å²) < 4.78 is 15.6. The summed E-state index contributed by atoms with van der Waals surface area (Å²) in [7, 11) is 0. The van der Waals surface area contributed by atoms with Crippen LogP contribution in [0.5, 0.6) is 5.75 Å².